The maximum Gasteiger partial charge on any atom is 0.303 e. The predicted molar refractivity (Wildman–Crippen MR) is 53.2 cm³/mol. The molecule has 1 saturated heterocycles. The number of amides is 1. The van der Waals surface area contributed by atoms with E-state index in [0.717, 1.165) is 0 Å². The van der Waals surface area contributed by atoms with Gasteiger partial charge in [0.1, 0.15) is 0 Å². The number of nitrogens with zero attached hydrogens (tertiary/aromatic N) is 1. The van der Waals surface area contributed by atoms with Crippen LogP contribution >= 0.6 is 0 Å². The number of carboxylic acid groups (broad SMARTS) is 1. The van der Waals surface area contributed by atoms with Crippen molar-refractivity contribution in [1.82, 2.24) is 4.90 Å². The lowest BCUT2D eigenvalue weighted by Crippen LogP contribution is -2.45. The Hall–Kier alpha value is -1.10. The fourth-order valence-corrected chi connectivity index (χ4v) is 1.73. The van der Waals surface area contributed by atoms with Gasteiger partial charge in [0.05, 0.1) is 12.5 Å². The minimum atomic E-state index is -0.951. The molecule has 5 heteroatoms. The van der Waals surface area contributed by atoms with Gasteiger partial charge in [-0.2, -0.15) is 0 Å². The largest absolute Gasteiger partial charge is 0.481 e. The molecule has 1 heterocycles. The number of likely N-dealkylation sites (tertiary alicyclic amines) is 1. The normalized spacial score (nSPS) is 26.4. The molecule has 1 rings (SSSR count). The van der Waals surface area contributed by atoms with E-state index in [1.807, 2.05) is 6.92 Å². The highest BCUT2D eigenvalue weighted by Gasteiger charge is 2.26. The first kappa shape index (κ1) is 12.0. The summed E-state index contributed by atoms with van der Waals surface area (Å²) in [4.78, 5) is 23.5. The standard InChI is InChI=1S/C10H17NO4/c1-7-6-11(5-4-8(7)12)9(13)2-3-10(14)15/h7-8,12H,2-6H2,1H3,(H,14,15)/t7-,8+/m0/s1. The van der Waals surface area contributed by atoms with Crippen molar-refractivity contribution >= 4 is 11.9 Å². The van der Waals surface area contributed by atoms with Crippen LogP contribution in [0, 0.1) is 5.92 Å². The molecule has 0 spiro atoms. The Labute approximate surface area is 88.7 Å². The lowest BCUT2D eigenvalue weighted by molar-refractivity contribution is -0.142. The third-order valence-electron chi connectivity index (χ3n) is 2.77. The highest BCUT2D eigenvalue weighted by molar-refractivity contribution is 5.80. The van der Waals surface area contributed by atoms with E-state index in [4.69, 9.17) is 5.11 Å². The molecule has 86 valence electrons. The Balaban J connectivity index is 2.37. The minimum absolute atomic E-state index is 0.0537. The van der Waals surface area contributed by atoms with Crippen LogP contribution in [0.4, 0.5) is 0 Å². The van der Waals surface area contributed by atoms with E-state index in [-0.39, 0.29) is 30.8 Å². The van der Waals surface area contributed by atoms with Gasteiger partial charge in [0.2, 0.25) is 5.91 Å². The van der Waals surface area contributed by atoms with Crippen LogP contribution in [0.5, 0.6) is 0 Å². The first-order valence-electron chi connectivity index (χ1n) is 5.18. The van der Waals surface area contributed by atoms with E-state index in [1.54, 1.807) is 4.90 Å². The molecule has 0 unspecified atom stereocenters. The second kappa shape index (κ2) is 5.11. The minimum Gasteiger partial charge on any atom is -0.481 e. The van der Waals surface area contributed by atoms with Crippen molar-refractivity contribution in [3.8, 4) is 0 Å². The van der Waals surface area contributed by atoms with Gasteiger partial charge in [0.25, 0.3) is 0 Å². The summed E-state index contributed by atoms with van der Waals surface area (Å²) >= 11 is 0. The van der Waals surface area contributed by atoms with Crippen molar-refractivity contribution in [2.75, 3.05) is 13.1 Å². The van der Waals surface area contributed by atoms with Crippen LogP contribution in [0.3, 0.4) is 0 Å². The van der Waals surface area contributed by atoms with Gasteiger partial charge in [-0.05, 0) is 12.3 Å². The van der Waals surface area contributed by atoms with Gasteiger partial charge < -0.3 is 15.1 Å². The third kappa shape index (κ3) is 3.51. The molecule has 2 N–H and O–H groups in total. The number of piperidine rings is 1. The molecular formula is C10H17NO4. The van der Waals surface area contributed by atoms with Crippen molar-refractivity contribution in [3.05, 3.63) is 0 Å². The number of hydrogen-bond donors (Lipinski definition) is 2. The van der Waals surface area contributed by atoms with Crippen molar-refractivity contribution < 1.29 is 19.8 Å². The quantitative estimate of drug-likeness (QED) is 0.699. The Morgan fingerprint density at radius 3 is 2.60 bits per heavy atom. The zero-order valence-corrected chi connectivity index (χ0v) is 8.85. The fourth-order valence-electron chi connectivity index (χ4n) is 1.73. The van der Waals surface area contributed by atoms with Crippen molar-refractivity contribution in [1.29, 1.82) is 0 Å². The van der Waals surface area contributed by atoms with Crippen molar-refractivity contribution in [2.45, 2.75) is 32.3 Å². The van der Waals surface area contributed by atoms with Crippen LogP contribution < -0.4 is 0 Å². The SMILES string of the molecule is C[C@H]1CN(C(=O)CCC(=O)O)CC[C@H]1O. The maximum atomic E-state index is 11.5. The van der Waals surface area contributed by atoms with Gasteiger partial charge in [-0.1, -0.05) is 6.92 Å². The molecule has 15 heavy (non-hydrogen) atoms. The predicted octanol–water partition coefficient (Wildman–Crippen LogP) is 0.0805. The third-order valence-corrected chi connectivity index (χ3v) is 2.77. The van der Waals surface area contributed by atoms with Crippen LogP contribution in [0.1, 0.15) is 26.2 Å². The average Bonchev–Trinajstić information content (AvgIpc) is 2.18. The van der Waals surface area contributed by atoms with Gasteiger partial charge in [-0.25, -0.2) is 0 Å². The number of carbonyl (C=O) groups is 2. The van der Waals surface area contributed by atoms with Crippen LogP contribution in [0.15, 0.2) is 0 Å². The van der Waals surface area contributed by atoms with Gasteiger partial charge in [0.15, 0.2) is 0 Å². The van der Waals surface area contributed by atoms with Crippen LogP contribution in [-0.2, 0) is 9.59 Å². The van der Waals surface area contributed by atoms with Crippen LogP contribution in [0.2, 0.25) is 0 Å². The number of aliphatic hydroxyl groups excluding tert-OH is 1. The van der Waals surface area contributed by atoms with E-state index in [0.29, 0.717) is 19.5 Å². The van der Waals surface area contributed by atoms with E-state index in [2.05, 4.69) is 0 Å². The van der Waals surface area contributed by atoms with Crippen LogP contribution in [0.25, 0.3) is 0 Å². The second-order valence-corrected chi connectivity index (χ2v) is 4.07. The average molecular weight is 215 g/mol. The summed E-state index contributed by atoms with van der Waals surface area (Å²) in [5.41, 5.74) is 0. The molecule has 0 aromatic heterocycles. The van der Waals surface area contributed by atoms with E-state index >= 15 is 0 Å². The highest BCUT2D eigenvalue weighted by atomic mass is 16.4. The molecule has 0 saturated carbocycles. The molecule has 0 aliphatic carbocycles. The number of aliphatic hydroxyl groups is 1. The molecule has 1 fully saturated rings. The summed E-state index contributed by atoms with van der Waals surface area (Å²) in [7, 11) is 0. The summed E-state index contributed by atoms with van der Waals surface area (Å²) in [6, 6.07) is 0. The highest BCUT2D eigenvalue weighted by Crippen LogP contribution is 2.17. The van der Waals surface area contributed by atoms with Crippen molar-refractivity contribution in [3.63, 3.8) is 0 Å². The number of rotatable bonds is 3. The molecule has 1 aliphatic heterocycles. The maximum absolute atomic E-state index is 11.5. The Morgan fingerprint density at radius 1 is 1.40 bits per heavy atom. The molecule has 1 aliphatic rings. The number of hydrogen-bond acceptors (Lipinski definition) is 3. The lowest BCUT2D eigenvalue weighted by Gasteiger charge is -2.34. The van der Waals surface area contributed by atoms with E-state index in [9.17, 15) is 14.7 Å². The Bertz CT molecular complexity index is 254. The summed E-state index contributed by atoms with van der Waals surface area (Å²) < 4.78 is 0. The summed E-state index contributed by atoms with van der Waals surface area (Å²) in [6.45, 7) is 2.95. The monoisotopic (exact) mass is 215 g/mol. The second-order valence-electron chi connectivity index (χ2n) is 4.07. The molecule has 1 amide bonds. The topological polar surface area (TPSA) is 77.8 Å². The molecule has 0 aromatic carbocycles. The number of carboxylic acids is 1. The summed E-state index contributed by atoms with van der Waals surface area (Å²) in [6.07, 6.45) is 0.179. The van der Waals surface area contributed by atoms with Crippen molar-refractivity contribution in [2.24, 2.45) is 5.92 Å². The smallest absolute Gasteiger partial charge is 0.303 e. The first-order valence-corrected chi connectivity index (χ1v) is 5.18. The Kier molecular flexibility index (Phi) is 4.08. The molecule has 0 bridgehead atoms. The number of carbonyl (C=O) groups excluding carboxylic acids is 1. The van der Waals surface area contributed by atoms with E-state index in [1.165, 1.54) is 0 Å². The zero-order valence-electron chi connectivity index (χ0n) is 8.85. The number of aliphatic carboxylic acids is 1. The molecular weight excluding hydrogens is 198 g/mol. The molecule has 5 nitrogen and oxygen atoms in total. The lowest BCUT2D eigenvalue weighted by atomic mass is 9.96. The fraction of sp³-hybridized carbons (Fsp3) is 0.800. The van der Waals surface area contributed by atoms with Gasteiger partial charge in [0, 0.05) is 19.5 Å². The summed E-state index contributed by atoms with van der Waals surface area (Å²) in [5.74, 6) is -1.00. The molecule has 0 radical (unpaired) electrons. The van der Waals surface area contributed by atoms with E-state index < -0.39 is 5.97 Å². The van der Waals surface area contributed by atoms with Gasteiger partial charge >= 0.3 is 5.97 Å². The van der Waals surface area contributed by atoms with Gasteiger partial charge in [-0.15, -0.1) is 0 Å². The molecule has 2 atom stereocenters. The summed E-state index contributed by atoms with van der Waals surface area (Å²) in [5, 5.41) is 17.9. The Morgan fingerprint density at radius 2 is 2.07 bits per heavy atom. The first-order chi connectivity index (χ1) is 7.00. The van der Waals surface area contributed by atoms with Crippen LogP contribution in [-0.4, -0.2) is 46.2 Å². The molecule has 0 aromatic rings. The zero-order chi connectivity index (χ0) is 11.4. The van der Waals surface area contributed by atoms with Gasteiger partial charge in [-0.3, -0.25) is 9.59 Å².